The lowest BCUT2D eigenvalue weighted by Gasteiger charge is -2.35. The molecule has 37 heavy (non-hydrogen) atoms. The van der Waals surface area contributed by atoms with Gasteiger partial charge in [-0.3, -0.25) is 14.9 Å². The zero-order valence-corrected chi connectivity index (χ0v) is 21.3. The van der Waals surface area contributed by atoms with Crippen LogP contribution in [0.4, 0.5) is 18.0 Å². The van der Waals surface area contributed by atoms with Crippen LogP contribution in [0.2, 0.25) is 0 Å². The van der Waals surface area contributed by atoms with E-state index in [9.17, 15) is 33.0 Å². The number of H-pyrrole nitrogens is 1. The molecule has 0 bridgehead atoms. The molecule has 2 aromatic heterocycles. The van der Waals surface area contributed by atoms with Crippen LogP contribution in [-0.2, 0) is 23.9 Å². The first-order valence-electron chi connectivity index (χ1n) is 11.8. The molecule has 3 heterocycles. The van der Waals surface area contributed by atoms with E-state index in [1.54, 1.807) is 27.7 Å². The van der Waals surface area contributed by atoms with Gasteiger partial charge in [-0.2, -0.15) is 18.3 Å². The van der Waals surface area contributed by atoms with E-state index in [2.05, 4.69) is 15.2 Å². The van der Waals surface area contributed by atoms with Gasteiger partial charge >= 0.3 is 12.3 Å². The summed E-state index contributed by atoms with van der Waals surface area (Å²) in [4.78, 5) is 32.6. The quantitative estimate of drug-likeness (QED) is 0.526. The summed E-state index contributed by atoms with van der Waals surface area (Å²) in [7, 11) is 0. The van der Waals surface area contributed by atoms with Crippen molar-refractivity contribution in [1.82, 2.24) is 25.0 Å². The van der Waals surface area contributed by atoms with Crippen LogP contribution in [-0.4, -0.2) is 78.1 Å². The number of carbonyl (C=O) groups is 2. The monoisotopic (exact) mass is 527 g/mol. The van der Waals surface area contributed by atoms with Gasteiger partial charge in [0.2, 0.25) is 0 Å². The van der Waals surface area contributed by atoms with Crippen LogP contribution in [0.1, 0.15) is 73.7 Å². The molecule has 0 saturated heterocycles. The van der Waals surface area contributed by atoms with E-state index < -0.39 is 48.2 Å². The van der Waals surface area contributed by atoms with Gasteiger partial charge in [-0.05, 0) is 46.2 Å². The number of carbonyl (C=O) groups excluding carboxylic acids is 2. The first-order chi connectivity index (χ1) is 17.1. The minimum atomic E-state index is -4.61. The van der Waals surface area contributed by atoms with Crippen LogP contribution in [0, 0.1) is 0 Å². The standard InChI is InChI=1S/C24H32F3N5O5/c1-13-8-18-17(11-31(13)22(36)37-23(3,4)5)20(30-29-18)21(35)32(10-16(34)12-33)14(2)15-6-7-19(28-9-15)24(25,26)27/h6-7,9,13-14,16,33-34H,8,10-12H2,1-5H3,(H,29,30)/t13-,14+,16-/m1/s1. The molecule has 0 aliphatic carbocycles. The predicted octanol–water partition coefficient (Wildman–Crippen LogP) is 3.06. The molecule has 13 heteroatoms. The highest BCUT2D eigenvalue weighted by Crippen LogP contribution is 2.31. The van der Waals surface area contributed by atoms with E-state index >= 15 is 0 Å². The number of hydrogen-bond donors (Lipinski definition) is 3. The highest BCUT2D eigenvalue weighted by Gasteiger charge is 2.37. The zero-order chi connectivity index (χ0) is 27.7. The molecular weight excluding hydrogens is 495 g/mol. The molecule has 1 aliphatic rings. The summed E-state index contributed by atoms with van der Waals surface area (Å²) >= 11 is 0. The molecule has 0 spiro atoms. The molecule has 204 valence electrons. The van der Waals surface area contributed by atoms with E-state index in [0.717, 1.165) is 12.3 Å². The van der Waals surface area contributed by atoms with Crippen molar-refractivity contribution >= 4 is 12.0 Å². The summed E-state index contributed by atoms with van der Waals surface area (Å²) in [6.07, 6.45) is -5.06. The van der Waals surface area contributed by atoms with Crippen LogP contribution >= 0.6 is 0 Å². The molecule has 0 aromatic carbocycles. The van der Waals surface area contributed by atoms with Gasteiger partial charge in [0.25, 0.3) is 5.91 Å². The normalized spacial score (nSPS) is 17.7. The summed E-state index contributed by atoms with van der Waals surface area (Å²) in [5.74, 6) is -0.604. The Morgan fingerprint density at radius 3 is 2.51 bits per heavy atom. The molecule has 3 N–H and O–H groups in total. The number of amides is 2. The maximum Gasteiger partial charge on any atom is 0.433 e. The van der Waals surface area contributed by atoms with E-state index in [-0.39, 0.29) is 24.8 Å². The Balaban J connectivity index is 1.92. The van der Waals surface area contributed by atoms with Crippen molar-refractivity contribution in [1.29, 1.82) is 0 Å². The molecule has 0 saturated carbocycles. The molecule has 2 amide bonds. The van der Waals surface area contributed by atoms with Gasteiger partial charge in [0.15, 0.2) is 0 Å². The molecule has 3 rings (SSSR count). The largest absolute Gasteiger partial charge is 0.444 e. The molecule has 0 radical (unpaired) electrons. The van der Waals surface area contributed by atoms with E-state index in [1.807, 2.05) is 6.92 Å². The van der Waals surface area contributed by atoms with Crippen LogP contribution < -0.4 is 0 Å². The SMILES string of the molecule is C[C@@H]1Cc2n[nH]c(C(=O)N(C[C@@H](O)CO)[C@@H](C)c3ccc(C(F)(F)F)nc3)c2CN1C(=O)OC(C)(C)C. The van der Waals surface area contributed by atoms with Crippen LogP contribution in [0.3, 0.4) is 0 Å². The topological polar surface area (TPSA) is 132 Å². The van der Waals surface area contributed by atoms with Gasteiger partial charge in [0, 0.05) is 30.8 Å². The van der Waals surface area contributed by atoms with Gasteiger partial charge in [0.1, 0.15) is 17.0 Å². The maximum absolute atomic E-state index is 13.7. The summed E-state index contributed by atoms with van der Waals surface area (Å²) < 4.78 is 44.3. The van der Waals surface area contributed by atoms with Gasteiger partial charge in [-0.25, -0.2) is 4.79 Å². The Morgan fingerprint density at radius 1 is 1.30 bits per heavy atom. The number of halogens is 3. The van der Waals surface area contributed by atoms with Crippen molar-refractivity contribution in [3.8, 4) is 0 Å². The highest BCUT2D eigenvalue weighted by molar-refractivity contribution is 5.94. The molecule has 1 aliphatic heterocycles. The van der Waals surface area contributed by atoms with E-state index in [0.29, 0.717) is 23.2 Å². The highest BCUT2D eigenvalue weighted by atomic mass is 19.4. The van der Waals surface area contributed by atoms with Gasteiger partial charge < -0.3 is 24.7 Å². The van der Waals surface area contributed by atoms with Crippen LogP contribution in [0.25, 0.3) is 0 Å². The first kappa shape index (κ1) is 28.4. The van der Waals surface area contributed by atoms with Gasteiger partial charge in [-0.15, -0.1) is 0 Å². The lowest BCUT2D eigenvalue weighted by molar-refractivity contribution is -0.141. The summed E-state index contributed by atoms with van der Waals surface area (Å²) in [6.45, 7) is 7.77. The Labute approximate surface area is 212 Å². The number of nitrogens with one attached hydrogen (secondary N) is 1. The van der Waals surface area contributed by atoms with Crippen LogP contribution in [0.15, 0.2) is 18.3 Å². The number of aromatic amines is 1. The number of aromatic nitrogens is 3. The Bertz CT molecular complexity index is 1110. The number of pyridine rings is 1. The van der Waals surface area contributed by atoms with Gasteiger partial charge in [0.05, 0.1) is 31.0 Å². The van der Waals surface area contributed by atoms with Crippen molar-refractivity contribution in [3.63, 3.8) is 0 Å². The smallest absolute Gasteiger partial charge is 0.433 e. The van der Waals surface area contributed by atoms with Crippen molar-refractivity contribution < 1.29 is 37.7 Å². The summed E-state index contributed by atoms with van der Waals surface area (Å²) in [5.41, 5.74) is -0.335. The fourth-order valence-corrected chi connectivity index (χ4v) is 4.05. The van der Waals surface area contributed by atoms with Gasteiger partial charge in [-0.1, -0.05) is 6.07 Å². The number of fused-ring (bicyclic) bond motifs is 1. The van der Waals surface area contributed by atoms with Crippen molar-refractivity contribution in [2.75, 3.05) is 13.2 Å². The second-order valence-corrected chi connectivity index (χ2v) is 10.1. The van der Waals surface area contributed by atoms with E-state index in [4.69, 9.17) is 4.74 Å². The lowest BCUT2D eigenvalue weighted by atomic mass is 9.99. The van der Waals surface area contributed by atoms with Crippen molar-refractivity contribution in [3.05, 3.63) is 46.5 Å². The number of rotatable bonds is 6. The zero-order valence-electron chi connectivity index (χ0n) is 21.3. The molecule has 10 nitrogen and oxygen atoms in total. The third-order valence-corrected chi connectivity index (χ3v) is 6.05. The minimum absolute atomic E-state index is 0.0512. The second kappa shape index (κ2) is 10.7. The van der Waals surface area contributed by atoms with Crippen LogP contribution in [0.5, 0.6) is 0 Å². The van der Waals surface area contributed by atoms with E-state index in [1.165, 1.54) is 15.9 Å². The number of aliphatic hydroxyl groups excluding tert-OH is 2. The molecular formula is C24H32F3N5O5. The lowest BCUT2D eigenvalue weighted by Crippen LogP contribution is -2.46. The number of nitrogens with zero attached hydrogens (tertiary/aromatic N) is 4. The average Bonchev–Trinajstić information content (AvgIpc) is 3.21. The molecule has 2 aromatic rings. The molecule has 3 atom stereocenters. The molecule has 0 fully saturated rings. The number of ether oxygens (including phenoxy) is 1. The minimum Gasteiger partial charge on any atom is -0.444 e. The van der Waals surface area contributed by atoms with Crippen molar-refractivity contribution in [2.24, 2.45) is 0 Å². The third kappa shape index (κ3) is 6.58. The average molecular weight is 528 g/mol. The Kier molecular flexibility index (Phi) is 8.18. The predicted molar refractivity (Wildman–Crippen MR) is 125 cm³/mol. The fourth-order valence-electron chi connectivity index (χ4n) is 4.05. The third-order valence-electron chi connectivity index (χ3n) is 6.05. The Hall–Kier alpha value is -3.19. The number of hydrogen-bond acceptors (Lipinski definition) is 7. The number of alkyl halides is 3. The maximum atomic E-state index is 13.7. The molecule has 0 unspecified atom stereocenters. The summed E-state index contributed by atoms with van der Waals surface area (Å²) in [6, 6.07) is 0.972. The Morgan fingerprint density at radius 2 is 1.97 bits per heavy atom. The fraction of sp³-hybridized carbons (Fsp3) is 0.583. The van der Waals surface area contributed by atoms with Crippen molar-refractivity contribution in [2.45, 2.75) is 77.5 Å². The second-order valence-electron chi connectivity index (χ2n) is 10.1. The first-order valence-corrected chi connectivity index (χ1v) is 11.8. The number of aliphatic hydroxyl groups is 2. The summed E-state index contributed by atoms with van der Waals surface area (Å²) in [5, 5.41) is 26.5.